The van der Waals surface area contributed by atoms with Crippen molar-refractivity contribution in [2.24, 2.45) is 0 Å². The van der Waals surface area contributed by atoms with Gasteiger partial charge in [-0.2, -0.15) is 0 Å². The van der Waals surface area contributed by atoms with E-state index in [9.17, 15) is 8.42 Å². The smallest absolute Gasteiger partial charge is 0.244 e. The topological polar surface area (TPSA) is 64.6 Å². The zero-order chi connectivity index (χ0) is 19.3. The summed E-state index contributed by atoms with van der Waals surface area (Å²) in [5.74, 6) is 1.49. The van der Waals surface area contributed by atoms with E-state index in [0.29, 0.717) is 11.7 Å². The maximum Gasteiger partial charge on any atom is 0.244 e. The Morgan fingerprint density at radius 1 is 1.08 bits per heavy atom. The van der Waals surface area contributed by atoms with Crippen LogP contribution in [-0.4, -0.2) is 28.7 Å². The predicted molar refractivity (Wildman–Crippen MR) is 104 cm³/mol. The first-order valence-electron chi connectivity index (χ1n) is 8.62. The van der Waals surface area contributed by atoms with E-state index in [1.54, 1.807) is 12.1 Å². The van der Waals surface area contributed by atoms with Crippen molar-refractivity contribution in [1.82, 2.24) is 4.72 Å². The first kappa shape index (κ1) is 20.3. The second-order valence-corrected chi connectivity index (χ2v) is 8.30. The van der Waals surface area contributed by atoms with Crippen molar-refractivity contribution in [3.8, 4) is 11.5 Å². The Morgan fingerprint density at radius 3 is 2.42 bits per heavy atom. The van der Waals surface area contributed by atoms with E-state index in [-0.39, 0.29) is 18.0 Å². The number of hydrogen-bond donors (Lipinski definition) is 1. The Labute approximate surface area is 156 Å². The molecule has 2 aromatic carbocycles. The molecule has 0 amide bonds. The van der Waals surface area contributed by atoms with Gasteiger partial charge in [0.15, 0.2) is 0 Å². The third-order valence-electron chi connectivity index (χ3n) is 4.26. The van der Waals surface area contributed by atoms with Gasteiger partial charge in [0, 0.05) is 6.54 Å². The van der Waals surface area contributed by atoms with Crippen molar-refractivity contribution in [3.63, 3.8) is 0 Å². The Hall–Kier alpha value is -2.05. The molecule has 0 unspecified atom stereocenters. The maximum atomic E-state index is 12.6. The molecule has 0 saturated carbocycles. The van der Waals surface area contributed by atoms with Crippen molar-refractivity contribution in [1.29, 1.82) is 0 Å². The highest BCUT2D eigenvalue weighted by Crippen LogP contribution is 2.27. The first-order chi connectivity index (χ1) is 12.2. The Bertz CT molecular complexity index is 860. The van der Waals surface area contributed by atoms with Gasteiger partial charge in [0.2, 0.25) is 10.0 Å². The van der Waals surface area contributed by atoms with E-state index in [1.807, 2.05) is 38.1 Å². The molecule has 0 fully saturated rings. The van der Waals surface area contributed by atoms with Crippen molar-refractivity contribution in [2.75, 3.05) is 20.3 Å². The molecule has 5 nitrogen and oxygen atoms in total. The number of sulfonamides is 1. The lowest BCUT2D eigenvalue weighted by Gasteiger charge is -2.14. The summed E-state index contributed by atoms with van der Waals surface area (Å²) in [5.41, 5.74) is 3.06. The normalized spacial score (nSPS) is 11.6. The van der Waals surface area contributed by atoms with Gasteiger partial charge in [-0.15, -0.1) is 0 Å². The predicted octanol–water partition coefficient (Wildman–Crippen LogP) is 3.79. The summed E-state index contributed by atoms with van der Waals surface area (Å²) >= 11 is 0. The minimum Gasteiger partial charge on any atom is -0.495 e. The second kappa shape index (κ2) is 8.56. The monoisotopic (exact) mass is 377 g/mol. The van der Waals surface area contributed by atoms with E-state index in [0.717, 1.165) is 16.9 Å². The summed E-state index contributed by atoms with van der Waals surface area (Å²) in [6, 6.07) is 11.2. The molecule has 26 heavy (non-hydrogen) atoms. The lowest BCUT2D eigenvalue weighted by Crippen LogP contribution is -2.28. The van der Waals surface area contributed by atoms with Crippen molar-refractivity contribution >= 4 is 10.0 Å². The minimum absolute atomic E-state index is 0.143. The summed E-state index contributed by atoms with van der Waals surface area (Å²) in [5, 5.41) is 0. The molecule has 0 saturated heterocycles. The molecule has 0 aromatic heterocycles. The zero-order valence-corrected chi connectivity index (χ0v) is 16.8. The number of hydrogen-bond acceptors (Lipinski definition) is 4. The van der Waals surface area contributed by atoms with Crippen LogP contribution in [0.2, 0.25) is 0 Å². The Balaban J connectivity index is 2.01. The molecule has 0 atom stereocenters. The van der Waals surface area contributed by atoms with E-state index in [4.69, 9.17) is 9.47 Å². The standard InChI is InChI=1S/C20H27NO4S/c1-14(2)17-7-6-8-18(13-17)25-10-9-21-26(22,23)20-12-16(4)15(3)11-19(20)24-5/h6-8,11-14,21H,9-10H2,1-5H3. The van der Waals surface area contributed by atoms with Gasteiger partial charge in [0.1, 0.15) is 23.0 Å². The largest absolute Gasteiger partial charge is 0.495 e. The molecule has 0 heterocycles. The van der Waals surface area contributed by atoms with Crippen LogP contribution < -0.4 is 14.2 Å². The molecule has 0 aliphatic rings. The fourth-order valence-electron chi connectivity index (χ4n) is 2.52. The third-order valence-corrected chi connectivity index (χ3v) is 5.74. The van der Waals surface area contributed by atoms with Crippen LogP contribution in [-0.2, 0) is 10.0 Å². The van der Waals surface area contributed by atoms with E-state index < -0.39 is 10.0 Å². The minimum atomic E-state index is -3.67. The molecular formula is C20H27NO4S. The number of ether oxygens (including phenoxy) is 2. The van der Waals surface area contributed by atoms with Crippen LogP contribution in [0.3, 0.4) is 0 Å². The number of rotatable bonds is 8. The van der Waals surface area contributed by atoms with Crippen LogP contribution in [0.1, 0.15) is 36.5 Å². The average Bonchev–Trinajstić information content (AvgIpc) is 2.60. The van der Waals surface area contributed by atoms with Crippen LogP contribution in [0.5, 0.6) is 11.5 Å². The van der Waals surface area contributed by atoms with E-state index in [2.05, 4.69) is 18.6 Å². The second-order valence-electron chi connectivity index (χ2n) is 6.56. The zero-order valence-electron chi connectivity index (χ0n) is 16.0. The summed E-state index contributed by atoms with van der Waals surface area (Å²) in [6.07, 6.45) is 0. The quantitative estimate of drug-likeness (QED) is 0.711. The van der Waals surface area contributed by atoms with Crippen molar-refractivity contribution in [2.45, 2.75) is 38.5 Å². The Morgan fingerprint density at radius 2 is 1.77 bits per heavy atom. The molecule has 2 rings (SSSR count). The van der Waals surface area contributed by atoms with Gasteiger partial charge in [0.05, 0.1) is 7.11 Å². The van der Waals surface area contributed by atoms with Gasteiger partial charge in [0.25, 0.3) is 0 Å². The lowest BCUT2D eigenvalue weighted by molar-refractivity contribution is 0.322. The lowest BCUT2D eigenvalue weighted by atomic mass is 10.0. The highest BCUT2D eigenvalue weighted by Gasteiger charge is 2.20. The van der Waals surface area contributed by atoms with Gasteiger partial charge in [-0.05, 0) is 60.7 Å². The van der Waals surface area contributed by atoms with Gasteiger partial charge in [-0.3, -0.25) is 0 Å². The summed E-state index contributed by atoms with van der Waals surface area (Å²) < 4.78 is 38.6. The van der Waals surface area contributed by atoms with Gasteiger partial charge in [-0.25, -0.2) is 13.1 Å². The maximum absolute atomic E-state index is 12.6. The van der Waals surface area contributed by atoms with Gasteiger partial charge in [-0.1, -0.05) is 26.0 Å². The summed E-state index contributed by atoms with van der Waals surface area (Å²) in [6.45, 7) is 8.44. The van der Waals surface area contributed by atoms with E-state index >= 15 is 0 Å². The molecule has 0 bridgehead atoms. The molecule has 2 aromatic rings. The summed E-state index contributed by atoms with van der Waals surface area (Å²) in [7, 11) is -2.21. The number of nitrogens with one attached hydrogen (secondary N) is 1. The third kappa shape index (κ3) is 4.99. The fourth-order valence-corrected chi connectivity index (χ4v) is 3.77. The SMILES string of the molecule is COc1cc(C)c(C)cc1S(=O)(=O)NCCOc1cccc(C(C)C)c1. The van der Waals surface area contributed by atoms with Gasteiger partial charge < -0.3 is 9.47 Å². The molecule has 142 valence electrons. The number of benzene rings is 2. The fraction of sp³-hybridized carbons (Fsp3) is 0.400. The first-order valence-corrected chi connectivity index (χ1v) is 10.1. The van der Waals surface area contributed by atoms with Crippen molar-refractivity contribution < 1.29 is 17.9 Å². The van der Waals surface area contributed by atoms with Crippen molar-refractivity contribution in [3.05, 3.63) is 53.1 Å². The van der Waals surface area contributed by atoms with Crippen LogP contribution in [0.25, 0.3) is 0 Å². The highest BCUT2D eigenvalue weighted by molar-refractivity contribution is 7.89. The highest BCUT2D eigenvalue weighted by atomic mass is 32.2. The van der Waals surface area contributed by atoms with E-state index in [1.165, 1.54) is 12.7 Å². The summed E-state index contributed by atoms with van der Waals surface area (Å²) in [4.78, 5) is 0.143. The molecule has 0 aliphatic carbocycles. The molecule has 0 aliphatic heterocycles. The van der Waals surface area contributed by atoms with Crippen LogP contribution in [0.4, 0.5) is 0 Å². The molecule has 6 heteroatoms. The average molecular weight is 378 g/mol. The van der Waals surface area contributed by atoms with Gasteiger partial charge >= 0.3 is 0 Å². The molecule has 0 radical (unpaired) electrons. The number of methoxy groups -OCH3 is 1. The molecule has 0 spiro atoms. The molecule has 1 N–H and O–H groups in total. The Kier molecular flexibility index (Phi) is 6.67. The van der Waals surface area contributed by atoms with Crippen LogP contribution in [0.15, 0.2) is 41.3 Å². The van der Waals surface area contributed by atoms with Crippen LogP contribution in [0, 0.1) is 13.8 Å². The van der Waals surface area contributed by atoms with Crippen LogP contribution >= 0.6 is 0 Å². The molecular weight excluding hydrogens is 350 g/mol. The number of aryl methyl sites for hydroxylation is 2.